The van der Waals surface area contributed by atoms with Gasteiger partial charge in [-0.05, 0) is 18.1 Å². The Kier molecular flexibility index (Phi) is 7.11. The van der Waals surface area contributed by atoms with Gasteiger partial charge in [0.2, 0.25) is 5.91 Å². The molecule has 0 unspecified atom stereocenters. The molecular formula is C18H22ClN5O2S. The number of amides is 2. The lowest BCUT2D eigenvalue weighted by molar-refractivity contribution is -0.120. The third-order valence-corrected chi connectivity index (χ3v) is 5.56. The first-order valence-electron chi connectivity index (χ1n) is 8.91. The first kappa shape index (κ1) is 19.7. The molecule has 0 bridgehead atoms. The lowest BCUT2D eigenvalue weighted by atomic mass is 10.1. The van der Waals surface area contributed by atoms with E-state index in [0.717, 1.165) is 30.2 Å². The van der Waals surface area contributed by atoms with Gasteiger partial charge >= 0.3 is 0 Å². The fourth-order valence-corrected chi connectivity index (χ4v) is 3.89. The monoisotopic (exact) mass is 407 g/mol. The first-order valence-corrected chi connectivity index (χ1v) is 10.4. The quantitative estimate of drug-likeness (QED) is 0.709. The molecule has 0 spiro atoms. The maximum absolute atomic E-state index is 12.4. The van der Waals surface area contributed by atoms with Crippen molar-refractivity contribution in [1.29, 1.82) is 0 Å². The van der Waals surface area contributed by atoms with Crippen LogP contribution in [0.3, 0.4) is 0 Å². The fourth-order valence-electron chi connectivity index (χ4n) is 2.78. The van der Waals surface area contributed by atoms with E-state index < -0.39 is 0 Å². The molecule has 2 aromatic rings. The van der Waals surface area contributed by atoms with Crippen LogP contribution < -0.4 is 5.32 Å². The number of carbonyl (C=O) groups is 2. The molecule has 0 atom stereocenters. The third kappa shape index (κ3) is 5.71. The second-order valence-electron chi connectivity index (χ2n) is 6.24. The van der Waals surface area contributed by atoms with Crippen molar-refractivity contribution in [1.82, 2.24) is 25.2 Å². The van der Waals surface area contributed by atoms with Gasteiger partial charge in [0, 0.05) is 42.7 Å². The molecule has 9 heteroatoms. The smallest absolute Gasteiger partial charge is 0.276 e. The maximum Gasteiger partial charge on any atom is 0.276 e. The van der Waals surface area contributed by atoms with Crippen molar-refractivity contribution in [3.05, 3.63) is 46.7 Å². The van der Waals surface area contributed by atoms with Crippen molar-refractivity contribution in [2.75, 3.05) is 31.1 Å². The van der Waals surface area contributed by atoms with Gasteiger partial charge in [0.15, 0.2) is 5.69 Å². The molecule has 2 heterocycles. The number of thioether (sulfide) groups is 1. The lowest BCUT2D eigenvalue weighted by Crippen LogP contribution is -2.38. The van der Waals surface area contributed by atoms with Crippen molar-refractivity contribution in [2.24, 2.45) is 0 Å². The topological polar surface area (TPSA) is 80.1 Å². The summed E-state index contributed by atoms with van der Waals surface area (Å²) in [5, 5.41) is 11.5. The Morgan fingerprint density at radius 1 is 1.22 bits per heavy atom. The standard InChI is InChI=1S/C18H22ClN5O2S/c19-15-5-2-1-4-14(15)12-17(25)20-6-3-7-24-13-16(21-22-24)18(26)23-8-10-27-11-9-23/h1-2,4-5,13H,3,6-12H2,(H,20,25). The number of nitrogens with one attached hydrogen (secondary N) is 1. The van der Waals surface area contributed by atoms with Gasteiger partial charge in [-0.3, -0.25) is 14.3 Å². The number of carbonyl (C=O) groups excluding carboxylic acids is 2. The van der Waals surface area contributed by atoms with Crippen LogP contribution in [-0.2, 0) is 17.8 Å². The van der Waals surface area contributed by atoms with E-state index in [9.17, 15) is 9.59 Å². The number of hydrogen-bond donors (Lipinski definition) is 1. The molecule has 1 aromatic heterocycles. The summed E-state index contributed by atoms with van der Waals surface area (Å²) in [5.41, 5.74) is 1.19. The number of rotatable bonds is 7. The van der Waals surface area contributed by atoms with Gasteiger partial charge in [-0.15, -0.1) is 5.10 Å². The second-order valence-corrected chi connectivity index (χ2v) is 7.88. The summed E-state index contributed by atoms with van der Waals surface area (Å²) in [6, 6.07) is 7.32. The zero-order valence-electron chi connectivity index (χ0n) is 14.9. The third-order valence-electron chi connectivity index (χ3n) is 4.25. The van der Waals surface area contributed by atoms with Crippen molar-refractivity contribution in [3.8, 4) is 0 Å². The fraction of sp³-hybridized carbons (Fsp3) is 0.444. The molecule has 2 amide bonds. The number of aryl methyl sites for hydroxylation is 1. The van der Waals surface area contributed by atoms with Gasteiger partial charge in [-0.1, -0.05) is 35.0 Å². The molecule has 1 fully saturated rings. The van der Waals surface area contributed by atoms with Crippen LogP contribution >= 0.6 is 23.4 Å². The highest BCUT2D eigenvalue weighted by Crippen LogP contribution is 2.15. The van der Waals surface area contributed by atoms with Crippen LogP contribution in [0, 0.1) is 0 Å². The summed E-state index contributed by atoms with van der Waals surface area (Å²) in [4.78, 5) is 26.2. The van der Waals surface area contributed by atoms with Crippen LogP contribution in [0.15, 0.2) is 30.5 Å². The number of halogens is 1. The zero-order chi connectivity index (χ0) is 19.1. The van der Waals surface area contributed by atoms with Crippen LogP contribution in [0.2, 0.25) is 5.02 Å². The predicted octanol–water partition coefficient (Wildman–Crippen LogP) is 1.87. The molecular weight excluding hydrogens is 386 g/mol. The minimum absolute atomic E-state index is 0.0606. The number of nitrogens with zero attached hydrogens (tertiary/aromatic N) is 4. The van der Waals surface area contributed by atoms with Gasteiger partial charge in [0.25, 0.3) is 5.91 Å². The van der Waals surface area contributed by atoms with E-state index in [1.54, 1.807) is 16.9 Å². The summed E-state index contributed by atoms with van der Waals surface area (Å²) in [6.45, 7) is 2.62. The minimum Gasteiger partial charge on any atom is -0.356 e. The Bertz CT molecular complexity index is 792. The predicted molar refractivity (Wildman–Crippen MR) is 106 cm³/mol. The molecule has 1 saturated heterocycles. The molecule has 0 radical (unpaired) electrons. The Morgan fingerprint density at radius 3 is 2.78 bits per heavy atom. The SMILES string of the molecule is O=C(Cc1ccccc1Cl)NCCCn1cc(C(=O)N2CCSCC2)nn1. The number of benzene rings is 1. The highest BCUT2D eigenvalue weighted by molar-refractivity contribution is 7.99. The lowest BCUT2D eigenvalue weighted by Gasteiger charge is -2.25. The van der Waals surface area contributed by atoms with Crippen molar-refractivity contribution < 1.29 is 9.59 Å². The van der Waals surface area contributed by atoms with Crippen molar-refractivity contribution >= 4 is 35.2 Å². The molecule has 0 saturated carbocycles. The highest BCUT2D eigenvalue weighted by atomic mass is 35.5. The molecule has 144 valence electrons. The molecule has 1 aliphatic rings. The second kappa shape index (κ2) is 9.75. The van der Waals surface area contributed by atoms with E-state index in [1.165, 1.54) is 0 Å². The van der Waals surface area contributed by atoms with Crippen molar-refractivity contribution in [2.45, 2.75) is 19.4 Å². The van der Waals surface area contributed by atoms with Gasteiger partial charge < -0.3 is 10.2 Å². The first-order chi connectivity index (χ1) is 13.1. The van der Waals surface area contributed by atoms with Crippen LogP contribution in [-0.4, -0.2) is 62.8 Å². The van der Waals surface area contributed by atoms with Crippen molar-refractivity contribution in [3.63, 3.8) is 0 Å². The van der Waals surface area contributed by atoms with Crippen LogP contribution in [0.5, 0.6) is 0 Å². The minimum atomic E-state index is -0.0690. The van der Waals surface area contributed by atoms with E-state index in [1.807, 2.05) is 34.9 Å². The molecule has 0 aliphatic carbocycles. The van der Waals surface area contributed by atoms with E-state index in [0.29, 0.717) is 30.2 Å². The van der Waals surface area contributed by atoms with Gasteiger partial charge in [-0.25, -0.2) is 0 Å². The van der Waals surface area contributed by atoms with Crippen LogP contribution in [0.1, 0.15) is 22.5 Å². The van der Waals surface area contributed by atoms with E-state index in [4.69, 9.17) is 11.6 Å². The average molecular weight is 408 g/mol. The van der Waals surface area contributed by atoms with Gasteiger partial charge in [0.1, 0.15) is 0 Å². The van der Waals surface area contributed by atoms with Gasteiger partial charge in [0.05, 0.1) is 12.6 Å². The summed E-state index contributed by atoms with van der Waals surface area (Å²) in [6.07, 6.45) is 2.64. The molecule has 1 N–H and O–H groups in total. The Morgan fingerprint density at radius 2 is 2.00 bits per heavy atom. The molecule has 1 aliphatic heterocycles. The highest BCUT2D eigenvalue weighted by Gasteiger charge is 2.21. The van der Waals surface area contributed by atoms with Crippen LogP contribution in [0.4, 0.5) is 0 Å². The maximum atomic E-state index is 12.4. The summed E-state index contributed by atoms with van der Waals surface area (Å²) >= 11 is 7.92. The Balaban J connectivity index is 1.39. The summed E-state index contributed by atoms with van der Waals surface area (Å²) in [5.74, 6) is 1.80. The average Bonchev–Trinajstić information content (AvgIpc) is 3.16. The molecule has 27 heavy (non-hydrogen) atoms. The largest absolute Gasteiger partial charge is 0.356 e. The summed E-state index contributed by atoms with van der Waals surface area (Å²) < 4.78 is 1.64. The van der Waals surface area contributed by atoms with E-state index in [2.05, 4.69) is 15.6 Å². The number of hydrogen-bond acceptors (Lipinski definition) is 5. The van der Waals surface area contributed by atoms with Gasteiger partial charge in [-0.2, -0.15) is 11.8 Å². The molecule has 3 rings (SSSR count). The zero-order valence-corrected chi connectivity index (χ0v) is 16.5. The Hall–Kier alpha value is -2.06. The van der Waals surface area contributed by atoms with Crippen LogP contribution in [0.25, 0.3) is 0 Å². The normalized spacial score (nSPS) is 14.2. The molecule has 7 nitrogen and oxygen atoms in total. The molecule has 1 aromatic carbocycles. The van der Waals surface area contributed by atoms with E-state index >= 15 is 0 Å². The number of aromatic nitrogens is 3. The van der Waals surface area contributed by atoms with E-state index in [-0.39, 0.29) is 18.2 Å². The Labute approximate surface area is 167 Å². The summed E-state index contributed by atoms with van der Waals surface area (Å²) in [7, 11) is 0.